The van der Waals surface area contributed by atoms with Gasteiger partial charge in [0.1, 0.15) is 22.3 Å². The first-order chi connectivity index (χ1) is 25.3. The smallest absolute Gasteiger partial charge is 0.164 e. The van der Waals surface area contributed by atoms with Gasteiger partial charge in [-0.15, -0.1) is 0 Å². The summed E-state index contributed by atoms with van der Waals surface area (Å²) in [5.74, 6) is 1.75. The number of aromatic nitrogens is 4. The summed E-state index contributed by atoms with van der Waals surface area (Å²) in [7, 11) is 0. The van der Waals surface area contributed by atoms with Crippen LogP contribution in [-0.4, -0.2) is 19.5 Å². The van der Waals surface area contributed by atoms with Gasteiger partial charge in [-0.25, -0.2) is 15.0 Å². The van der Waals surface area contributed by atoms with Crippen LogP contribution in [0.5, 0.6) is 0 Å². The normalized spacial score (nSPS) is 11.9. The van der Waals surface area contributed by atoms with Crippen molar-refractivity contribution < 1.29 is 8.83 Å². The van der Waals surface area contributed by atoms with E-state index >= 15 is 0 Å². The zero-order chi connectivity index (χ0) is 33.5. The molecule has 0 saturated carbocycles. The maximum Gasteiger partial charge on any atom is 0.164 e. The van der Waals surface area contributed by atoms with E-state index < -0.39 is 0 Å². The third kappa shape index (κ3) is 4.20. The topological polar surface area (TPSA) is 69.9 Å². The Morgan fingerprint density at radius 2 is 1.02 bits per heavy atom. The monoisotopic (exact) mass is 654 g/mol. The lowest BCUT2D eigenvalue weighted by atomic mass is 10.0. The van der Waals surface area contributed by atoms with E-state index in [9.17, 15) is 0 Å². The number of benzene rings is 7. The molecule has 0 unspecified atom stereocenters. The molecule has 0 spiro atoms. The number of para-hydroxylation sites is 3. The van der Waals surface area contributed by atoms with E-state index in [0.29, 0.717) is 17.5 Å². The Hall–Kier alpha value is -7.05. The number of fused-ring (bicyclic) bond motifs is 10. The summed E-state index contributed by atoms with van der Waals surface area (Å²) in [5.41, 5.74) is 9.22. The Morgan fingerprint density at radius 1 is 0.392 bits per heavy atom. The lowest BCUT2D eigenvalue weighted by molar-refractivity contribution is 0.668. The van der Waals surface area contributed by atoms with Crippen molar-refractivity contribution in [2.75, 3.05) is 0 Å². The number of furan rings is 2. The van der Waals surface area contributed by atoms with Crippen LogP contribution in [0, 0.1) is 0 Å². The lowest BCUT2D eigenvalue weighted by Crippen LogP contribution is -2.00. The molecule has 0 aliphatic rings. The van der Waals surface area contributed by atoms with E-state index in [4.69, 9.17) is 23.8 Å². The molecule has 11 rings (SSSR count). The maximum atomic E-state index is 6.62. The van der Waals surface area contributed by atoms with Crippen molar-refractivity contribution in [2.24, 2.45) is 0 Å². The first-order valence-electron chi connectivity index (χ1n) is 16.9. The van der Waals surface area contributed by atoms with Crippen molar-refractivity contribution >= 4 is 65.7 Å². The van der Waals surface area contributed by atoms with Gasteiger partial charge in [0.2, 0.25) is 0 Å². The Kier molecular flexibility index (Phi) is 5.86. The van der Waals surface area contributed by atoms with Gasteiger partial charge in [0, 0.05) is 49.3 Å². The molecular formula is C45H26N4O2. The molecular weight excluding hydrogens is 629 g/mol. The zero-order valence-corrected chi connectivity index (χ0v) is 27.1. The van der Waals surface area contributed by atoms with Crippen LogP contribution in [0.2, 0.25) is 0 Å². The van der Waals surface area contributed by atoms with Crippen molar-refractivity contribution in [1.29, 1.82) is 0 Å². The summed E-state index contributed by atoms with van der Waals surface area (Å²) in [6.45, 7) is 0. The fourth-order valence-electron chi connectivity index (χ4n) is 7.60. The Balaban J connectivity index is 1.23. The van der Waals surface area contributed by atoms with Gasteiger partial charge >= 0.3 is 0 Å². The summed E-state index contributed by atoms with van der Waals surface area (Å²) in [4.78, 5) is 15.4. The van der Waals surface area contributed by atoms with Crippen LogP contribution in [0.15, 0.2) is 167 Å². The van der Waals surface area contributed by atoms with Crippen molar-refractivity contribution in [3.63, 3.8) is 0 Å². The van der Waals surface area contributed by atoms with Gasteiger partial charge in [0.25, 0.3) is 0 Å². The summed E-state index contributed by atoms with van der Waals surface area (Å²) < 4.78 is 15.1. The summed E-state index contributed by atoms with van der Waals surface area (Å²) in [6.07, 6.45) is 0. The van der Waals surface area contributed by atoms with E-state index in [1.54, 1.807) is 0 Å². The van der Waals surface area contributed by atoms with Gasteiger partial charge in [-0.1, -0.05) is 97.1 Å². The number of rotatable bonds is 4. The van der Waals surface area contributed by atoms with Crippen LogP contribution in [-0.2, 0) is 0 Å². The van der Waals surface area contributed by atoms with Crippen molar-refractivity contribution in [2.45, 2.75) is 0 Å². The summed E-state index contributed by atoms with van der Waals surface area (Å²) in [6, 6.07) is 53.8. The first kappa shape index (κ1) is 27.9. The molecule has 0 N–H and O–H groups in total. The minimum Gasteiger partial charge on any atom is -0.456 e. The van der Waals surface area contributed by atoms with E-state index in [1.807, 2.05) is 78.9 Å². The van der Waals surface area contributed by atoms with E-state index in [2.05, 4.69) is 83.4 Å². The summed E-state index contributed by atoms with van der Waals surface area (Å²) >= 11 is 0. The summed E-state index contributed by atoms with van der Waals surface area (Å²) in [5, 5.41) is 6.39. The molecule has 0 amide bonds. The van der Waals surface area contributed by atoms with Crippen LogP contribution in [0.4, 0.5) is 0 Å². The highest BCUT2D eigenvalue weighted by molar-refractivity contribution is 6.26. The Bertz CT molecular complexity index is 3140. The number of hydrogen-bond acceptors (Lipinski definition) is 5. The maximum absolute atomic E-state index is 6.62. The minimum atomic E-state index is 0.573. The molecule has 11 aromatic rings. The minimum absolute atomic E-state index is 0.573. The van der Waals surface area contributed by atoms with Crippen LogP contribution in [0.1, 0.15) is 0 Å². The van der Waals surface area contributed by atoms with Gasteiger partial charge in [0.15, 0.2) is 17.5 Å². The van der Waals surface area contributed by atoms with Crippen molar-refractivity contribution in [3.8, 4) is 39.9 Å². The highest BCUT2D eigenvalue weighted by Crippen LogP contribution is 2.44. The number of hydrogen-bond donors (Lipinski definition) is 0. The molecule has 4 heterocycles. The average Bonchev–Trinajstić information content (AvgIpc) is 3.87. The molecule has 6 heteroatoms. The molecule has 0 atom stereocenters. The van der Waals surface area contributed by atoms with Gasteiger partial charge < -0.3 is 13.4 Å². The third-order valence-electron chi connectivity index (χ3n) is 9.85. The molecule has 0 aliphatic heterocycles. The van der Waals surface area contributed by atoms with Crippen molar-refractivity contribution in [1.82, 2.24) is 19.5 Å². The van der Waals surface area contributed by atoms with Gasteiger partial charge in [-0.05, 0) is 60.7 Å². The van der Waals surface area contributed by atoms with Gasteiger partial charge in [0.05, 0.1) is 16.4 Å². The van der Waals surface area contributed by atoms with E-state index in [0.717, 1.165) is 82.7 Å². The Labute approximate surface area is 290 Å². The second kappa shape index (κ2) is 10.7. The molecule has 0 radical (unpaired) electrons. The SMILES string of the molecule is c1ccc(-c2nc(-c3ccc4oc5ccccc5c4c3)nc(-c3cccc4oc5ccc6c7ccccc7n(-c7ccccc7)c6c5c34)n2)cc1. The van der Waals surface area contributed by atoms with Crippen LogP contribution in [0.3, 0.4) is 0 Å². The lowest BCUT2D eigenvalue weighted by Gasteiger charge is -2.10. The molecule has 6 nitrogen and oxygen atoms in total. The zero-order valence-electron chi connectivity index (χ0n) is 27.1. The average molecular weight is 655 g/mol. The largest absolute Gasteiger partial charge is 0.456 e. The third-order valence-corrected chi connectivity index (χ3v) is 9.85. The van der Waals surface area contributed by atoms with Crippen LogP contribution >= 0.6 is 0 Å². The molecule has 0 saturated heterocycles. The van der Waals surface area contributed by atoms with Gasteiger partial charge in [-0.2, -0.15) is 0 Å². The quantitative estimate of drug-likeness (QED) is 0.189. The second-order valence-electron chi connectivity index (χ2n) is 12.8. The first-order valence-corrected chi connectivity index (χ1v) is 16.9. The molecule has 0 fully saturated rings. The molecule has 238 valence electrons. The van der Waals surface area contributed by atoms with Crippen molar-refractivity contribution in [3.05, 3.63) is 158 Å². The molecule has 7 aromatic carbocycles. The van der Waals surface area contributed by atoms with Gasteiger partial charge in [-0.3, -0.25) is 0 Å². The Morgan fingerprint density at radius 3 is 1.88 bits per heavy atom. The number of nitrogens with zero attached hydrogens (tertiary/aromatic N) is 4. The molecule has 0 bridgehead atoms. The predicted molar refractivity (Wildman–Crippen MR) is 205 cm³/mol. The molecule has 0 aliphatic carbocycles. The fourth-order valence-corrected chi connectivity index (χ4v) is 7.60. The highest BCUT2D eigenvalue weighted by Gasteiger charge is 2.23. The van der Waals surface area contributed by atoms with Crippen LogP contribution in [0.25, 0.3) is 106 Å². The molecule has 51 heavy (non-hydrogen) atoms. The highest BCUT2D eigenvalue weighted by atomic mass is 16.3. The fraction of sp³-hybridized carbons (Fsp3) is 0. The predicted octanol–water partition coefficient (Wildman–Crippen LogP) is 11.8. The second-order valence-corrected chi connectivity index (χ2v) is 12.8. The van der Waals surface area contributed by atoms with E-state index in [-0.39, 0.29) is 0 Å². The van der Waals surface area contributed by atoms with Crippen LogP contribution < -0.4 is 0 Å². The van der Waals surface area contributed by atoms with E-state index in [1.165, 1.54) is 5.39 Å². The molecule has 4 aromatic heterocycles. The standard InChI is InChI=1S/C45H26N4O2/c1-3-12-27(13-4-1)43-46-44(28-22-24-37-34(26-28)31-17-8-10-20-36(31)50-37)48-45(47-43)33-18-11-21-38-40(33)41-39(51-38)25-23-32-30-16-7-9-19-35(30)49(42(32)41)29-14-5-2-6-15-29/h1-26H.